The van der Waals surface area contributed by atoms with Gasteiger partial charge in [0.1, 0.15) is 0 Å². The van der Waals surface area contributed by atoms with Crippen LogP contribution in [0.1, 0.15) is 64.2 Å². The molecule has 0 radical (unpaired) electrons. The Morgan fingerprint density at radius 3 is 2.30 bits per heavy atom. The highest BCUT2D eigenvalue weighted by atomic mass is 16.5. The van der Waals surface area contributed by atoms with Gasteiger partial charge in [-0.25, -0.2) is 10.8 Å². The van der Waals surface area contributed by atoms with E-state index in [1.165, 1.54) is 64.2 Å². The molecule has 0 aromatic carbocycles. The van der Waals surface area contributed by atoms with Gasteiger partial charge >= 0.3 is 0 Å². The van der Waals surface area contributed by atoms with Crippen LogP contribution in [0.5, 0.6) is 0 Å². The van der Waals surface area contributed by atoms with E-state index in [0.717, 1.165) is 0 Å². The molecule has 5 nitrogen and oxygen atoms in total. The summed E-state index contributed by atoms with van der Waals surface area (Å²) >= 11 is 0. The lowest BCUT2D eigenvalue weighted by atomic mass is 9.96. The molecule has 4 N–H and O–H groups in total. The number of nitrogens with zero attached hydrogens (tertiary/aromatic N) is 1. The third-order valence-corrected chi connectivity index (χ3v) is 4.35. The summed E-state index contributed by atoms with van der Waals surface area (Å²) in [6.07, 6.45) is 13.3. The van der Waals surface area contributed by atoms with Crippen LogP contribution in [0.15, 0.2) is 4.99 Å². The third kappa shape index (κ3) is 5.67. The molecule has 0 bridgehead atoms. The normalized spacial score (nSPS) is 22.8. The van der Waals surface area contributed by atoms with Crippen LogP contribution in [0.4, 0.5) is 0 Å². The summed E-state index contributed by atoms with van der Waals surface area (Å²) in [6, 6.07) is 0.526. The zero-order valence-corrected chi connectivity index (χ0v) is 12.6. The maximum absolute atomic E-state index is 5.86. The fraction of sp³-hybridized carbons (Fsp3) is 0.933. The summed E-state index contributed by atoms with van der Waals surface area (Å²) in [4.78, 5) is 4.47. The minimum absolute atomic E-state index is 0.458. The first-order valence-electron chi connectivity index (χ1n) is 8.27. The monoisotopic (exact) mass is 282 g/mol. The second-order valence-electron chi connectivity index (χ2n) is 5.98. The smallest absolute Gasteiger partial charge is 0.206 e. The van der Waals surface area contributed by atoms with Crippen molar-refractivity contribution < 1.29 is 4.74 Å². The predicted molar refractivity (Wildman–Crippen MR) is 82.5 cm³/mol. The number of aliphatic imine (C=N–C) groups is 1. The fourth-order valence-electron chi connectivity index (χ4n) is 3.18. The quantitative estimate of drug-likeness (QED) is 0.237. The molecular weight excluding hydrogens is 252 g/mol. The number of nitrogens with two attached hydrogens (primary N) is 1. The molecule has 0 unspecified atom stereocenters. The lowest BCUT2D eigenvalue weighted by Gasteiger charge is -2.24. The highest BCUT2D eigenvalue weighted by molar-refractivity contribution is 5.79. The van der Waals surface area contributed by atoms with Gasteiger partial charge in [-0.1, -0.05) is 38.5 Å². The van der Waals surface area contributed by atoms with E-state index in [9.17, 15) is 0 Å². The second-order valence-corrected chi connectivity index (χ2v) is 5.98. The molecule has 0 aliphatic heterocycles. The first kappa shape index (κ1) is 15.6. The van der Waals surface area contributed by atoms with E-state index in [4.69, 9.17) is 10.6 Å². The summed E-state index contributed by atoms with van der Waals surface area (Å²) in [5, 5.41) is 3.40. The minimum atomic E-state index is 0.458. The molecule has 2 aliphatic rings. The van der Waals surface area contributed by atoms with Crippen LogP contribution in [-0.2, 0) is 4.74 Å². The lowest BCUT2D eigenvalue weighted by molar-refractivity contribution is 0.0334. The molecule has 2 fully saturated rings. The van der Waals surface area contributed by atoms with E-state index < -0.39 is 0 Å². The SMILES string of the molecule is NNC(=NCCOC1CCCCC1)NC1CCCCC1. The molecule has 0 aromatic heterocycles. The van der Waals surface area contributed by atoms with Crippen molar-refractivity contribution in [3.8, 4) is 0 Å². The van der Waals surface area contributed by atoms with E-state index >= 15 is 0 Å². The van der Waals surface area contributed by atoms with E-state index in [1.807, 2.05) is 0 Å². The van der Waals surface area contributed by atoms with Crippen molar-refractivity contribution in [1.29, 1.82) is 0 Å². The van der Waals surface area contributed by atoms with Crippen LogP contribution in [0.3, 0.4) is 0 Å². The molecule has 0 spiro atoms. The molecule has 0 aromatic rings. The molecular formula is C15H30N4O. The summed E-state index contributed by atoms with van der Waals surface area (Å²) in [7, 11) is 0. The average Bonchev–Trinajstić information content (AvgIpc) is 2.52. The van der Waals surface area contributed by atoms with Crippen LogP contribution in [0.25, 0.3) is 0 Å². The summed E-state index contributed by atoms with van der Waals surface area (Å²) in [5.41, 5.74) is 2.67. The Bertz CT molecular complexity index is 284. The maximum atomic E-state index is 5.86. The van der Waals surface area contributed by atoms with Gasteiger partial charge in [0.2, 0.25) is 5.96 Å². The van der Waals surface area contributed by atoms with E-state index in [2.05, 4.69) is 15.7 Å². The molecule has 2 saturated carbocycles. The Hall–Kier alpha value is -0.810. The molecule has 5 heteroatoms. The zero-order chi connectivity index (χ0) is 14.0. The van der Waals surface area contributed by atoms with Crippen LogP contribution >= 0.6 is 0 Å². The van der Waals surface area contributed by atoms with Crippen LogP contribution in [-0.4, -0.2) is 31.3 Å². The third-order valence-electron chi connectivity index (χ3n) is 4.35. The van der Waals surface area contributed by atoms with Crippen molar-refractivity contribution >= 4 is 5.96 Å². The van der Waals surface area contributed by atoms with E-state index in [0.29, 0.717) is 31.3 Å². The predicted octanol–water partition coefficient (Wildman–Crippen LogP) is 2.08. The fourth-order valence-corrected chi connectivity index (χ4v) is 3.18. The van der Waals surface area contributed by atoms with Gasteiger partial charge in [-0.15, -0.1) is 0 Å². The first-order valence-corrected chi connectivity index (χ1v) is 8.27. The number of hydrogen-bond donors (Lipinski definition) is 3. The van der Waals surface area contributed by atoms with Crippen LogP contribution in [0, 0.1) is 0 Å². The standard InChI is InChI=1S/C15H30N4O/c16-19-15(18-13-7-3-1-4-8-13)17-11-12-20-14-9-5-2-6-10-14/h13-14H,1-12,16H2,(H2,17,18,19). The molecule has 20 heavy (non-hydrogen) atoms. The first-order chi connectivity index (χ1) is 9.88. The van der Waals surface area contributed by atoms with Gasteiger partial charge in [-0.2, -0.15) is 0 Å². The van der Waals surface area contributed by atoms with Crippen molar-refractivity contribution in [2.75, 3.05) is 13.2 Å². The van der Waals surface area contributed by atoms with Gasteiger partial charge in [0, 0.05) is 6.04 Å². The highest BCUT2D eigenvalue weighted by Gasteiger charge is 2.15. The van der Waals surface area contributed by atoms with Crippen LogP contribution in [0.2, 0.25) is 0 Å². The minimum Gasteiger partial charge on any atom is -0.376 e. The van der Waals surface area contributed by atoms with Gasteiger partial charge < -0.3 is 10.1 Å². The Balaban J connectivity index is 1.62. The molecule has 0 saturated heterocycles. The number of nitrogens with one attached hydrogen (secondary N) is 2. The highest BCUT2D eigenvalue weighted by Crippen LogP contribution is 2.20. The number of guanidine groups is 1. The summed E-state index contributed by atoms with van der Waals surface area (Å²) in [6.45, 7) is 1.37. The Labute approximate surface area is 122 Å². The molecule has 2 rings (SSSR count). The number of hydrazine groups is 1. The topological polar surface area (TPSA) is 71.7 Å². The molecule has 2 aliphatic carbocycles. The van der Waals surface area contributed by atoms with Gasteiger partial charge in [-0.3, -0.25) is 5.43 Å². The van der Waals surface area contributed by atoms with Gasteiger partial charge in [-0.05, 0) is 25.7 Å². The van der Waals surface area contributed by atoms with Crippen molar-refractivity contribution in [3.05, 3.63) is 0 Å². The number of ether oxygens (including phenoxy) is 1. The summed E-state index contributed by atoms with van der Waals surface area (Å²) < 4.78 is 5.86. The van der Waals surface area contributed by atoms with Gasteiger partial charge in [0.25, 0.3) is 0 Å². The molecule has 116 valence electrons. The Morgan fingerprint density at radius 2 is 1.65 bits per heavy atom. The van der Waals surface area contributed by atoms with E-state index in [-0.39, 0.29) is 0 Å². The van der Waals surface area contributed by atoms with Crippen molar-refractivity contribution in [2.45, 2.75) is 76.4 Å². The summed E-state index contributed by atoms with van der Waals surface area (Å²) in [5.74, 6) is 6.24. The lowest BCUT2D eigenvalue weighted by Crippen LogP contribution is -2.47. The van der Waals surface area contributed by atoms with Crippen molar-refractivity contribution in [1.82, 2.24) is 10.7 Å². The zero-order valence-electron chi connectivity index (χ0n) is 12.6. The second kappa shape index (κ2) is 9.19. The average molecular weight is 282 g/mol. The molecule has 0 atom stereocenters. The number of hydrogen-bond acceptors (Lipinski definition) is 3. The number of rotatable bonds is 5. The molecule has 0 amide bonds. The van der Waals surface area contributed by atoms with Crippen LogP contribution < -0.4 is 16.6 Å². The van der Waals surface area contributed by atoms with E-state index in [1.54, 1.807) is 0 Å². The Morgan fingerprint density at radius 1 is 1.00 bits per heavy atom. The largest absolute Gasteiger partial charge is 0.376 e. The Kier molecular flexibility index (Phi) is 7.15. The van der Waals surface area contributed by atoms with Gasteiger partial charge in [0.05, 0.1) is 19.3 Å². The van der Waals surface area contributed by atoms with Crippen molar-refractivity contribution in [3.63, 3.8) is 0 Å². The van der Waals surface area contributed by atoms with Gasteiger partial charge in [0.15, 0.2) is 0 Å². The molecule has 0 heterocycles. The maximum Gasteiger partial charge on any atom is 0.206 e. The van der Waals surface area contributed by atoms with Crippen molar-refractivity contribution in [2.24, 2.45) is 10.8 Å².